The van der Waals surface area contributed by atoms with Crippen LogP contribution in [-0.4, -0.2) is 5.91 Å². The summed E-state index contributed by atoms with van der Waals surface area (Å²) in [6.07, 6.45) is 3.44. The predicted molar refractivity (Wildman–Crippen MR) is 85.5 cm³/mol. The Hall–Kier alpha value is -1.61. The molecule has 1 amide bonds. The van der Waals surface area contributed by atoms with Gasteiger partial charge in [0.05, 0.1) is 0 Å². The van der Waals surface area contributed by atoms with Crippen molar-refractivity contribution in [2.24, 2.45) is 0 Å². The second-order valence-corrected chi connectivity index (χ2v) is 5.68. The molecule has 0 fully saturated rings. The van der Waals surface area contributed by atoms with E-state index in [1.54, 1.807) is 0 Å². The van der Waals surface area contributed by atoms with Crippen molar-refractivity contribution in [2.45, 2.75) is 24.6 Å². The molecule has 20 heavy (non-hydrogen) atoms. The van der Waals surface area contributed by atoms with Crippen molar-refractivity contribution in [3.05, 3.63) is 64.7 Å². The van der Waals surface area contributed by atoms with Crippen LogP contribution in [0.2, 0.25) is 0 Å². The van der Waals surface area contributed by atoms with Crippen LogP contribution in [0.5, 0.6) is 0 Å². The standard InChI is InChI=1S/C17H16BrNO/c18-11-12-4-8-16(9-5-12)19-17(20)15-7-6-13-2-1-3-14(13)10-15/h4-10H,1-3,11H2,(H,19,20). The molecule has 3 heteroatoms. The monoisotopic (exact) mass is 329 g/mol. The highest BCUT2D eigenvalue weighted by Crippen LogP contribution is 2.23. The lowest BCUT2D eigenvalue weighted by Gasteiger charge is -2.07. The zero-order chi connectivity index (χ0) is 13.9. The van der Waals surface area contributed by atoms with Crippen molar-refractivity contribution >= 4 is 27.5 Å². The number of halogens is 1. The number of hydrogen-bond acceptors (Lipinski definition) is 1. The van der Waals surface area contributed by atoms with Gasteiger partial charge >= 0.3 is 0 Å². The highest BCUT2D eigenvalue weighted by atomic mass is 79.9. The number of amides is 1. The molecule has 2 aromatic carbocycles. The third-order valence-corrected chi connectivity index (χ3v) is 4.37. The number of nitrogens with one attached hydrogen (secondary N) is 1. The largest absolute Gasteiger partial charge is 0.322 e. The number of anilines is 1. The second kappa shape index (κ2) is 5.80. The molecular weight excluding hydrogens is 314 g/mol. The van der Waals surface area contributed by atoms with Gasteiger partial charge in [0.25, 0.3) is 5.91 Å². The molecular formula is C17H16BrNO. The number of rotatable bonds is 3. The molecule has 0 atom stereocenters. The first-order valence-electron chi connectivity index (χ1n) is 6.84. The molecule has 0 heterocycles. The van der Waals surface area contributed by atoms with Crippen molar-refractivity contribution in [3.8, 4) is 0 Å². The Morgan fingerprint density at radius 1 is 1.05 bits per heavy atom. The average molecular weight is 330 g/mol. The molecule has 1 aliphatic rings. The van der Waals surface area contributed by atoms with Crippen LogP contribution in [-0.2, 0) is 18.2 Å². The lowest BCUT2D eigenvalue weighted by Crippen LogP contribution is -2.12. The number of benzene rings is 2. The summed E-state index contributed by atoms with van der Waals surface area (Å²) in [5.41, 5.74) is 5.49. The minimum Gasteiger partial charge on any atom is -0.322 e. The summed E-state index contributed by atoms with van der Waals surface area (Å²) < 4.78 is 0. The van der Waals surface area contributed by atoms with E-state index in [1.807, 2.05) is 36.4 Å². The van der Waals surface area contributed by atoms with E-state index < -0.39 is 0 Å². The molecule has 0 spiro atoms. The molecule has 0 bridgehead atoms. The molecule has 1 aliphatic carbocycles. The summed E-state index contributed by atoms with van der Waals surface area (Å²) in [6, 6.07) is 13.9. The van der Waals surface area contributed by atoms with E-state index >= 15 is 0 Å². The van der Waals surface area contributed by atoms with Gasteiger partial charge in [-0.3, -0.25) is 4.79 Å². The molecule has 0 unspecified atom stereocenters. The lowest BCUT2D eigenvalue weighted by molar-refractivity contribution is 0.102. The van der Waals surface area contributed by atoms with Crippen LogP contribution in [0.4, 0.5) is 5.69 Å². The minimum absolute atomic E-state index is 0.0358. The quantitative estimate of drug-likeness (QED) is 0.834. The van der Waals surface area contributed by atoms with Gasteiger partial charge in [-0.25, -0.2) is 0 Å². The summed E-state index contributed by atoms with van der Waals surface area (Å²) in [4.78, 5) is 12.2. The van der Waals surface area contributed by atoms with E-state index in [0.717, 1.165) is 29.4 Å². The van der Waals surface area contributed by atoms with Crippen LogP contribution in [0.15, 0.2) is 42.5 Å². The van der Waals surface area contributed by atoms with Crippen molar-refractivity contribution in [1.29, 1.82) is 0 Å². The Morgan fingerprint density at radius 2 is 1.80 bits per heavy atom. The molecule has 0 radical (unpaired) electrons. The Kier molecular flexibility index (Phi) is 3.88. The number of carbonyl (C=O) groups excluding carboxylic acids is 1. The first-order chi connectivity index (χ1) is 9.76. The predicted octanol–water partition coefficient (Wildman–Crippen LogP) is 4.32. The van der Waals surface area contributed by atoms with Gasteiger partial charge in [-0.2, -0.15) is 0 Å². The van der Waals surface area contributed by atoms with E-state index in [0.29, 0.717) is 0 Å². The number of aryl methyl sites for hydroxylation is 2. The summed E-state index contributed by atoms with van der Waals surface area (Å²) >= 11 is 3.41. The zero-order valence-corrected chi connectivity index (χ0v) is 12.7. The second-order valence-electron chi connectivity index (χ2n) is 5.12. The first-order valence-corrected chi connectivity index (χ1v) is 7.96. The van der Waals surface area contributed by atoms with E-state index in [9.17, 15) is 4.79 Å². The minimum atomic E-state index is -0.0358. The molecule has 1 N–H and O–H groups in total. The van der Waals surface area contributed by atoms with Crippen LogP contribution in [0.25, 0.3) is 0 Å². The van der Waals surface area contributed by atoms with Crippen LogP contribution >= 0.6 is 15.9 Å². The molecule has 0 saturated heterocycles. The van der Waals surface area contributed by atoms with Gasteiger partial charge in [-0.05, 0) is 60.2 Å². The Labute approximate surface area is 127 Å². The van der Waals surface area contributed by atoms with Crippen molar-refractivity contribution in [3.63, 3.8) is 0 Å². The summed E-state index contributed by atoms with van der Waals surface area (Å²) in [7, 11) is 0. The fourth-order valence-electron chi connectivity index (χ4n) is 2.59. The molecule has 0 saturated carbocycles. The molecule has 2 nitrogen and oxygen atoms in total. The third kappa shape index (κ3) is 2.78. The first kappa shape index (κ1) is 13.4. The maximum Gasteiger partial charge on any atom is 0.255 e. The van der Waals surface area contributed by atoms with E-state index in [-0.39, 0.29) is 5.91 Å². The van der Waals surface area contributed by atoms with Crippen molar-refractivity contribution in [2.75, 3.05) is 5.32 Å². The normalized spacial score (nSPS) is 13.1. The molecule has 0 aliphatic heterocycles. The van der Waals surface area contributed by atoms with Crippen molar-refractivity contribution < 1.29 is 4.79 Å². The van der Waals surface area contributed by atoms with E-state index in [1.165, 1.54) is 23.1 Å². The van der Waals surface area contributed by atoms with Gasteiger partial charge in [0.1, 0.15) is 0 Å². The maximum atomic E-state index is 12.2. The van der Waals surface area contributed by atoms with Crippen LogP contribution in [0, 0.1) is 0 Å². The summed E-state index contributed by atoms with van der Waals surface area (Å²) in [6.45, 7) is 0. The topological polar surface area (TPSA) is 29.1 Å². The Balaban J connectivity index is 1.75. The number of fused-ring (bicyclic) bond motifs is 1. The van der Waals surface area contributed by atoms with Gasteiger partial charge in [-0.15, -0.1) is 0 Å². The lowest BCUT2D eigenvalue weighted by atomic mass is 10.1. The van der Waals surface area contributed by atoms with Crippen LogP contribution < -0.4 is 5.32 Å². The van der Waals surface area contributed by atoms with Crippen LogP contribution in [0.1, 0.15) is 33.5 Å². The zero-order valence-electron chi connectivity index (χ0n) is 11.2. The van der Waals surface area contributed by atoms with Gasteiger partial charge in [0.2, 0.25) is 0 Å². The van der Waals surface area contributed by atoms with Gasteiger partial charge in [0, 0.05) is 16.6 Å². The highest BCUT2D eigenvalue weighted by Gasteiger charge is 2.13. The van der Waals surface area contributed by atoms with Gasteiger partial charge < -0.3 is 5.32 Å². The Bertz CT molecular complexity index is 634. The van der Waals surface area contributed by atoms with Crippen LogP contribution in [0.3, 0.4) is 0 Å². The van der Waals surface area contributed by atoms with Crippen molar-refractivity contribution in [1.82, 2.24) is 0 Å². The SMILES string of the molecule is O=C(Nc1ccc(CBr)cc1)c1ccc2c(c1)CCC2. The fourth-order valence-corrected chi connectivity index (χ4v) is 2.97. The summed E-state index contributed by atoms with van der Waals surface area (Å²) in [5.74, 6) is -0.0358. The van der Waals surface area contributed by atoms with E-state index in [4.69, 9.17) is 0 Å². The molecule has 0 aromatic heterocycles. The number of carbonyl (C=O) groups is 1. The number of hydrogen-bond donors (Lipinski definition) is 1. The number of alkyl halides is 1. The summed E-state index contributed by atoms with van der Waals surface area (Å²) in [5, 5.41) is 3.77. The molecule has 2 aromatic rings. The van der Waals surface area contributed by atoms with E-state index in [2.05, 4.69) is 27.3 Å². The highest BCUT2D eigenvalue weighted by molar-refractivity contribution is 9.08. The van der Waals surface area contributed by atoms with Gasteiger partial charge in [0.15, 0.2) is 0 Å². The van der Waals surface area contributed by atoms with Gasteiger partial charge in [-0.1, -0.05) is 34.1 Å². The Morgan fingerprint density at radius 3 is 2.55 bits per heavy atom. The maximum absolute atomic E-state index is 12.2. The smallest absolute Gasteiger partial charge is 0.255 e. The molecule has 3 rings (SSSR count). The fraction of sp³-hybridized carbons (Fsp3) is 0.235. The average Bonchev–Trinajstić information content (AvgIpc) is 2.95. The third-order valence-electron chi connectivity index (χ3n) is 3.73. The molecule has 102 valence electrons.